The minimum atomic E-state index is -0.464. The van der Waals surface area contributed by atoms with Crippen LogP contribution in [0.3, 0.4) is 0 Å². The lowest BCUT2D eigenvalue weighted by molar-refractivity contribution is -0.134. The molecule has 1 unspecified atom stereocenters. The van der Waals surface area contributed by atoms with E-state index < -0.39 is 5.92 Å². The first-order valence-electron chi connectivity index (χ1n) is 9.12. The Bertz CT molecular complexity index is 1120. The number of benzene rings is 1. The van der Waals surface area contributed by atoms with Crippen LogP contribution in [-0.4, -0.2) is 43.9 Å². The molecule has 1 aliphatic heterocycles. The number of anilines is 1. The van der Waals surface area contributed by atoms with Gasteiger partial charge in [0.1, 0.15) is 5.75 Å². The van der Waals surface area contributed by atoms with E-state index in [0.717, 1.165) is 10.9 Å². The molecule has 10 heteroatoms. The second-order valence-electron chi connectivity index (χ2n) is 6.93. The number of nitrogens with one attached hydrogen (secondary N) is 2. The molecule has 150 valence electrons. The number of imide groups is 1. The molecule has 2 N–H and O–H groups in total. The van der Waals surface area contributed by atoms with Gasteiger partial charge in [0.15, 0.2) is 6.61 Å². The number of fused-ring (bicyclic) bond motifs is 1. The van der Waals surface area contributed by atoms with Crippen LogP contribution < -0.4 is 15.4 Å². The topological polar surface area (TPSA) is 120 Å². The maximum atomic E-state index is 12.2. The Labute approximate surface area is 165 Å². The highest BCUT2D eigenvalue weighted by Gasteiger charge is 2.31. The van der Waals surface area contributed by atoms with Gasteiger partial charge in [-0.3, -0.25) is 29.1 Å². The summed E-state index contributed by atoms with van der Waals surface area (Å²) in [6.07, 6.45) is 3.97. The SMILES string of the molecule is Cn1cc(NC(=O)COc2ccc3c(C4CCC(=O)NC4=O)nn(C)c3c2)cn1. The van der Waals surface area contributed by atoms with Crippen LogP contribution in [0, 0.1) is 0 Å². The molecule has 1 aliphatic rings. The molecule has 10 nitrogen and oxygen atoms in total. The van der Waals surface area contributed by atoms with Crippen molar-refractivity contribution >= 4 is 34.3 Å². The zero-order chi connectivity index (χ0) is 20.5. The summed E-state index contributed by atoms with van der Waals surface area (Å²) in [5.74, 6) is -0.835. The Hall–Kier alpha value is -3.69. The number of amides is 3. The van der Waals surface area contributed by atoms with Gasteiger partial charge in [-0.05, 0) is 18.6 Å². The first-order chi connectivity index (χ1) is 13.9. The van der Waals surface area contributed by atoms with Gasteiger partial charge < -0.3 is 10.1 Å². The van der Waals surface area contributed by atoms with Crippen molar-refractivity contribution in [1.82, 2.24) is 24.9 Å². The molecule has 0 spiro atoms. The molecule has 0 bridgehead atoms. The van der Waals surface area contributed by atoms with Crippen LogP contribution in [0.5, 0.6) is 5.75 Å². The van der Waals surface area contributed by atoms with Crippen LogP contribution in [0.1, 0.15) is 24.5 Å². The van der Waals surface area contributed by atoms with E-state index in [0.29, 0.717) is 30.0 Å². The van der Waals surface area contributed by atoms with Crippen molar-refractivity contribution < 1.29 is 19.1 Å². The van der Waals surface area contributed by atoms with Crippen molar-refractivity contribution in [2.45, 2.75) is 18.8 Å². The highest BCUT2D eigenvalue weighted by atomic mass is 16.5. The average Bonchev–Trinajstić information content (AvgIpc) is 3.23. The molecule has 1 aromatic carbocycles. The predicted octanol–water partition coefficient (Wildman–Crippen LogP) is 0.844. The van der Waals surface area contributed by atoms with E-state index in [1.807, 2.05) is 6.07 Å². The third-order valence-electron chi connectivity index (χ3n) is 4.78. The fraction of sp³-hybridized carbons (Fsp3) is 0.316. The molecule has 3 amide bonds. The molecule has 4 rings (SSSR count). The van der Waals surface area contributed by atoms with Crippen molar-refractivity contribution in [3.63, 3.8) is 0 Å². The minimum absolute atomic E-state index is 0.155. The van der Waals surface area contributed by atoms with E-state index in [-0.39, 0.29) is 24.3 Å². The van der Waals surface area contributed by atoms with Gasteiger partial charge in [0.2, 0.25) is 11.8 Å². The van der Waals surface area contributed by atoms with Gasteiger partial charge in [-0.15, -0.1) is 0 Å². The summed E-state index contributed by atoms with van der Waals surface area (Å²) in [5.41, 5.74) is 2.00. The average molecular weight is 396 g/mol. The van der Waals surface area contributed by atoms with Crippen LogP contribution in [0.25, 0.3) is 10.9 Å². The Morgan fingerprint density at radius 2 is 2.17 bits per heavy atom. The first kappa shape index (κ1) is 18.7. The van der Waals surface area contributed by atoms with Gasteiger partial charge >= 0.3 is 0 Å². The summed E-state index contributed by atoms with van der Waals surface area (Å²) in [4.78, 5) is 35.6. The molecule has 29 heavy (non-hydrogen) atoms. The molecular weight excluding hydrogens is 376 g/mol. The molecule has 0 radical (unpaired) electrons. The van der Waals surface area contributed by atoms with Gasteiger partial charge in [-0.1, -0.05) is 0 Å². The van der Waals surface area contributed by atoms with Gasteiger partial charge in [0.25, 0.3) is 5.91 Å². The molecule has 1 saturated heterocycles. The monoisotopic (exact) mass is 396 g/mol. The number of piperidine rings is 1. The third kappa shape index (κ3) is 3.82. The lowest BCUT2D eigenvalue weighted by atomic mass is 9.93. The van der Waals surface area contributed by atoms with E-state index in [1.54, 1.807) is 48.0 Å². The summed E-state index contributed by atoms with van der Waals surface area (Å²) in [5, 5.41) is 14.3. The van der Waals surface area contributed by atoms with Crippen LogP contribution in [0.2, 0.25) is 0 Å². The summed E-state index contributed by atoms with van der Waals surface area (Å²) < 4.78 is 8.85. The fourth-order valence-corrected chi connectivity index (χ4v) is 3.40. The number of hydrogen-bond acceptors (Lipinski definition) is 6. The molecule has 1 atom stereocenters. The molecule has 1 fully saturated rings. The van der Waals surface area contributed by atoms with Crippen LogP contribution >= 0.6 is 0 Å². The summed E-state index contributed by atoms with van der Waals surface area (Å²) in [6.45, 7) is -0.155. The van der Waals surface area contributed by atoms with E-state index in [9.17, 15) is 14.4 Å². The fourth-order valence-electron chi connectivity index (χ4n) is 3.40. The molecular formula is C19H20N6O4. The summed E-state index contributed by atoms with van der Waals surface area (Å²) in [6, 6.07) is 5.32. The van der Waals surface area contributed by atoms with Gasteiger partial charge in [-0.2, -0.15) is 10.2 Å². The summed E-state index contributed by atoms with van der Waals surface area (Å²) >= 11 is 0. The Morgan fingerprint density at radius 1 is 1.34 bits per heavy atom. The number of carbonyl (C=O) groups is 3. The molecule has 3 aromatic rings. The second kappa shape index (κ2) is 7.38. The molecule has 0 saturated carbocycles. The Morgan fingerprint density at radius 3 is 2.90 bits per heavy atom. The van der Waals surface area contributed by atoms with Crippen molar-refractivity contribution in [1.29, 1.82) is 0 Å². The number of rotatable bonds is 5. The Balaban J connectivity index is 1.48. The Kier molecular flexibility index (Phi) is 4.75. The smallest absolute Gasteiger partial charge is 0.262 e. The number of nitrogens with zero attached hydrogens (tertiary/aromatic N) is 4. The van der Waals surface area contributed by atoms with E-state index in [4.69, 9.17) is 4.74 Å². The largest absolute Gasteiger partial charge is 0.484 e. The number of ether oxygens (including phenoxy) is 1. The van der Waals surface area contributed by atoms with Crippen molar-refractivity contribution in [3.05, 3.63) is 36.3 Å². The van der Waals surface area contributed by atoms with Gasteiger partial charge in [-0.25, -0.2) is 0 Å². The van der Waals surface area contributed by atoms with Crippen LogP contribution in [0.15, 0.2) is 30.6 Å². The van der Waals surface area contributed by atoms with Gasteiger partial charge in [0, 0.05) is 38.2 Å². The van der Waals surface area contributed by atoms with Crippen molar-refractivity contribution in [2.24, 2.45) is 14.1 Å². The maximum Gasteiger partial charge on any atom is 0.262 e. The minimum Gasteiger partial charge on any atom is -0.484 e. The highest BCUT2D eigenvalue weighted by molar-refractivity contribution is 6.02. The van der Waals surface area contributed by atoms with Crippen LogP contribution in [0.4, 0.5) is 5.69 Å². The predicted molar refractivity (Wildman–Crippen MR) is 103 cm³/mol. The second-order valence-corrected chi connectivity index (χ2v) is 6.93. The van der Waals surface area contributed by atoms with E-state index in [1.165, 1.54) is 0 Å². The lowest BCUT2D eigenvalue weighted by Gasteiger charge is -2.19. The quantitative estimate of drug-likeness (QED) is 0.617. The summed E-state index contributed by atoms with van der Waals surface area (Å²) in [7, 11) is 3.54. The number of carbonyl (C=O) groups excluding carboxylic acids is 3. The zero-order valence-electron chi connectivity index (χ0n) is 16.0. The third-order valence-corrected chi connectivity index (χ3v) is 4.78. The maximum absolute atomic E-state index is 12.2. The number of hydrogen-bond donors (Lipinski definition) is 2. The van der Waals surface area contributed by atoms with E-state index in [2.05, 4.69) is 20.8 Å². The zero-order valence-corrected chi connectivity index (χ0v) is 16.0. The van der Waals surface area contributed by atoms with E-state index >= 15 is 0 Å². The highest BCUT2D eigenvalue weighted by Crippen LogP contribution is 2.31. The normalized spacial score (nSPS) is 16.7. The van der Waals surface area contributed by atoms with Crippen molar-refractivity contribution in [2.75, 3.05) is 11.9 Å². The molecule has 0 aliphatic carbocycles. The number of aryl methyl sites for hydroxylation is 2. The molecule has 2 aromatic heterocycles. The first-order valence-corrected chi connectivity index (χ1v) is 9.12. The van der Waals surface area contributed by atoms with Gasteiger partial charge in [0.05, 0.1) is 29.0 Å². The standard InChI is InChI=1S/C19H20N6O4/c1-24-9-11(8-20-24)21-17(27)10-29-12-3-4-13-15(7-12)25(2)23-18(13)14-5-6-16(26)22-19(14)28/h3-4,7-9,14H,5-6,10H2,1-2H3,(H,21,27)(H,22,26,28). The molecule has 3 heterocycles. The number of aromatic nitrogens is 4. The van der Waals surface area contributed by atoms with Crippen molar-refractivity contribution in [3.8, 4) is 5.75 Å². The lowest BCUT2D eigenvalue weighted by Crippen LogP contribution is -2.39. The van der Waals surface area contributed by atoms with Crippen LogP contribution in [-0.2, 0) is 28.5 Å².